The molecule has 0 radical (unpaired) electrons. The summed E-state index contributed by atoms with van der Waals surface area (Å²) in [6.07, 6.45) is 2.26. The Kier molecular flexibility index (Phi) is 4.46. The van der Waals surface area contributed by atoms with Crippen LogP contribution in [-0.2, 0) is 14.4 Å². The largest absolute Gasteiger partial charge is 0.480 e. The molecular weight excluding hydrogens is 210 g/mol. The molecule has 1 rings (SSSR count). The molecule has 0 spiro atoms. The van der Waals surface area contributed by atoms with Crippen LogP contribution in [-0.4, -0.2) is 40.3 Å². The van der Waals surface area contributed by atoms with Gasteiger partial charge in [0, 0.05) is 25.8 Å². The summed E-state index contributed by atoms with van der Waals surface area (Å²) >= 11 is 0. The van der Waals surface area contributed by atoms with Gasteiger partial charge in [-0.1, -0.05) is 13.3 Å². The number of carboxylic acid groups (broad SMARTS) is 1. The predicted molar refractivity (Wildman–Crippen MR) is 56.9 cm³/mol. The highest BCUT2D eigenvalue weighted by Gasteiger charge is 2.34. The first kappa shape index (κ1) is 12.7. The van der Waals surface area contributed by atoms with Gasteiger partial charge in [0.15, 0.2) is 0 Å². The maximum atomic E-state index is 11.7. The predicted octanol–water partition coefficient (Wildman–Crippen LogP) is 0.821. The Labute approximate surface area is 94.4 Å². The number of rotatable bonds is 4. The zero-order chi connectivity index (χ0) is 12.1. The molecule has 0 bridgehead atoms. The van der Waals surface area contributed by atoms with E-state index in [9.17, 15) is 14.4 Å². The van der Waals surface area contributed by atoms with Crippen molar-refractivity contribution in [3.8, 4) is 0 Å². The maximum Gasteiger partial charge on any atom is 0.326 e. The Hall–Kier alpha value is -1.39. The van der Waals surface area contributed by atoms with Gasteiger partial charge in [0.1, 0.15) is 11.8 Å². The van der Waals surface area contributed by atoms with E-state index in [0.717, 1.165) is 12.8 Å². The molecule has 5 heteroatoms. The fourth-order valence-corrected chi connectivity index (χ4v) is 1.82. The number of amides is 1. The zero-order valence-corrected chi connectivity index (χ0v) is 9.44. The van der Waals surface area contributed by atoms with Gasteiger partial charge >= 0.3 is 5.97 Å². The molecule has 1 unspecified atom stereocenters. The van der Waals surface area contributed by atoms with Gasteiger partial charge in [-0.3, -0.25) is 9.59 Å². The first-order chi connectivity index (χ1) is 7.56. The lowest BCUT2D eigenvalue weighted by Gasteiger charge is -2.32. The number of Topliss-reactive ketones (excluding diaryl/α,β-unsaturated/α-hetero) is 1. The second-order valence-electron chi connectivity index (χ2n) is 4.04. The molecule has 0 aromatic rings. The molecule has 0 aliphatic carbocycles. The van der Waals surface area contributed by atoms with Gasteiger partial charge in [0.05, 0.1) is 0 Å². The minimum Gasteiger partial charge on any atom is -0.480 e. The summed E-state index contributed by atoms with van der Waals surface area (Å²) in [7, 11) is 0. The van der Waals surface area contributed by atoms with Gasteiger partial charge < -0.3 is 10.0 Å². The topological polar surface area (TPSA) is 74.7 Å². The number of nitrogens with zero attached hydrogens (tertiary/aromatic N) is 1. The first-order valence-electron chi connectivity index (χ1n) is 5.60. The van der Waals surface area contributed by atoms with Crippen LogP contribution >= 0.6 is 0 Å². The lowest BCUT2D eigenvalue weighted by atomic mass is 10.00. The third-order valence-electron chi connectivity index (χ3n) is 2.78. The molecule has 1 heterocycles. The molecule has 1 amide bonds. The van der Waals surface area contributed by atoms with Gasteiger partial charge in [-0.15, -0.1) is 0 Å². The Balaban J connectivity index is 2.65. The van der Waals surface area contributed by atoms with Crippen molar-refractivity contribution in [1.29, 1.82) is 0 Å². The highest BCUT2D eigenvalue weighted by molar-refractivity contribution is 5.91. The molecule has 1 saturated heterocycles. The average Bonchev–Trinajstić information content (AvgIpc) is 2.25. The van der Waals surface area contributed by atoms with Gasteiger partial charge in [0.25, 0.3) is 0 Å². The molecule has 0 aromatic heterocycles. The van der Waals surface area contributed by atoms with E-state index in [4.69, 9.17) is 5.11 Å². The fraction of sp³-hybridized carbons (Fsp3) is 0.727. The third-order valence-corrected chi connectivity index (χ3v) is 2.78. The molecule has 1 fully saturated rings. The Bertz CT molecular complexity index is 300. The zero-order valence-electron chi connectivity index (χ0n) is 9.44. The van der Waals surface area contributed by atoms with Gasteiger partial charge in [-0.25, -0.2) is 4.79 Å². The lowest BCUT2D eigenvalue weighted by molar-refractivity contribution is -0.154. The number of carboxylic acids is 1. The number of hydrogen-bond acceptors (Lipinski definition) is 3. The smallest absolute Gasteiger partial charge is 0.326 e. The summed E-state index contributed by atoms with van der Waals surface area (Å²) < 4.78 is 0. The van der Waals surface area contributed by atoms with E-state index >= 15 is 0 Å². The molecule has 0 aromatic carbocycles. The van der Waals surface area contributed by atoms with Crippen LogP contribution in [0.5, 0.6) is 0 Å². The van der Waals surface area contributed by atoms with Crippen molar-refractivity contribution < 1.29 is 19.5 Å². The van der Waals surface area contributed by atoms with Crippen LogP contribution in [0.25, 0.3) is 0 Å². The second-order valence-corrected chi connectivity index (χ2v) is 4.04. The van der Waals surface area contributed by atoms with Crippen LogP contribution < -0.4 is 0 Å². The van der Waals surface area contributed by atoms with Crippen molar-refractivity contribution in [1.82, 2.24) is 4.90 Å². The summed E-state index contributed by atoms with van der Waals surface area (Å²) in [5, 5.41) is 8.95. The molecule has 90 valence electrons. The molecule has 0 saturated carbocycles. The quantitative estimate of drug-likeness (QED) is 0.771. The van der Waals surface area contributed by atoms with E-state index < -0.39 is 12.0 Å². The summed E-state index contributed by atoms with van der Waals surface area (Å²) in [5.74, 6) is -1.31. The molecule has 16 heavy (non-hydrogen) atoms. The summed E-state index contributed by atoms with van der Waals surface area (Å²) in [4.78, 5) is 35.2. The number of carbonyl (C=O) groups is 3. The van der Waals surface area contributed by atoms with E-state index in [2.05, 4.69) is 0 Å². The number of ketones is 1. The summed E-state index contributed by atoms with van der Waals surface area (Å²) in [6, 6.07) is -0.953. The monoisotopic (exact) mass is 227 g/mol. The van der Waals surface area contributed by atoms with Crippen molar-refractivity contribution in [2.24, 2.45) is 0 Å². The van der Waals surface area contributed by atoms with Crippen molar-refractivity contribution in [3.63, 3.8) is 0 Å². The number of likely N-dealkylation sites (tertiary alicyclic amines) is 1. The molecular formula is C11H17NO4. The van der Waals surface area contributed by atoms with Crippen molar-refractivity contribution in [3.05, 3.63) is 0 Å². The van der Waals surface area contributed by atoms with Gasteiger partial charge in [-0.2, -0.15) is 0 Å². The SMILES string of the molecule is CCCCC(=O)N1CCC(=O)CC1C(=O)O. The summed E-state index contributed by atoms with van der Waals surface area (Å²) in [6.45, 7) is 2.22. The Morgan fingerprint density at radius 2 is 2.19 bits per heavy atom. The first-order valence-corrected chi connectivity index (χ1v) is 5.60. The van der Waals surface area contributed by atoms with Crippen LogP contribution in [0, 0.1) is 0 Å². The van der Waals surface area contributed by atoms with Crippen molar-refractivity contribution in [2.45, 2.75) is 45.1 Å². The summed E-state index contributed by atoms with van der Waals surface area (Å²) in [5.41, 5.74) is 0. The second kappa shape index (κ2) is 5.63. The van der Waals surface area contributed by atoms with E-state index in [1.165, 1.54) is 4.90 Å². The van der Waals surface area contributed by atoms with Crippen LogP contribution in [0.1, 0.15) is 39.0 Å². The fourth-order valence-electron chi connectivity index (χ4n) is 1.82. The van der Waals surface area contributed by atoms with Crippen molar-refractivity contribution in [2.75, 3.05) is 6.54 Å². The maximum absolute atomic E-state index is 11.7. The van der Waals surface area contributed by atoms with E-state index in [-0.39, 0.29) is 31.1 Å². The normalized spacial score (nSPS) is 20.9. The van der Waals surface area contributed by atoms with Crippen LogP contribution in [0.3, 0.4) is 0 Å². The number of unbranched alkanes of at least 4 members (excludes halogenated alkanes) is 1. The van der Waals surface area contributed by atoms with Crippen LogP contribution in [0.15, 0.2) is 0 Å². The van der Waals surface area contributed by atoms with Crippen LogP contribution in [0.2, 0.25) is 0 Å². The highest BCUT2D eigenvalue weighted by atomic mass is 16.4. The van der Waals surface area contributed by atoms with Gasteiger partial charge in [0.2, 0.25) is 5.91 Å². The van der Waals surface area contributed by atoms with Crippen molar-refractivity contribution >= 4 is 17.7 Å². The van der Waals surface area contributed by atoms with Crippen LogP contribution in [0.4, 0.5) is 0 Å². The van der Waals surface area contributed by atoms with Gasteiger partial charge in [-0.05, 0) is 6.42 Å². The standard InChI is InChI=1S/C11H17NO4/c1-2-3-4-10(14)12-6-5-8(13)7-9(12)11(15)16/h9H,2-7H2,1H3,(H,15,16). The third kappa shape index (κ3) is 3.05. The minimum absolute atomic E-state index is 0.0484. The molecule has 1 atom stereocenters. The number of hydrogen-bond donors (Lipinski definition) is 1. The number of piperidine rings is 1. The molecule has 5 nitrogen and oxygen atoms in total. The number of aliphatic carboxylic acids is 1. The number of carbonyl (C=O) groups excluding carboxylic acids is 2. The molecule has 1 aliphatic rings. The molecule has 1 aliphatic heterocycles. The van der Waals surface area contributed by atoms with E-state index in [0.29, 0.717) is 6.42 Å². The Morgan fingerprint density at radius 1 is 1.50 bits per heavy atom. The van der Waals surface area contributed by atoms with E-state index in [1.807, 2.05) is 6.92 Å². The lowest BCUT2D eigenvalue weighted by Crippen LogP contribution is -2.50. The van der Waals surface area contributed by atoms with E-state index in [1.54, 1.807) is 0 Å². The molecule has 1 N–H and O–H groups in total. The Morgan fingerprint density at radius 3 is 2.75 bits per heavy atom. The average molecular weight is 227 g/mol. The minimum atomic E-state index is -1.09. The highest BCUT2D eigenvalue weighted by Crippen LogP contribution is 2.16.